The molecule has 160 valence electrons. The first kappa shape index (κ1) is 21.0. The maximum absolute atomic E-state index is 13.0. The molecule has 0 saturated carbocycles. The molecule has 0 radical (unpaired) electrons. The fraction of sp³-hybridized carbons (Fsp3) is 0.400. The Morgan fingerprint density at radius 1 is 1.13 bits per heavy atom. The second-order valence-corrected chi connectivity index (χ2v) is 10.9. The van der Waals surface area contributed by atoms with E-state index >= 15 is 0 Å². The molecule has 30 heavy (non-hydrogen) atoms. The molecule has 3 heterocycles. The number of benzene rings is 1. The number of piperazine rings is 1. The van der Waals surface area contributed by atoms with E-state index in [-0.39, 0.29) is 34.8 Å². The Morgan fingerprint density at radius 3 is 2.47 bits per heavy atom. The third-order valence-electron chi connectivity index (χ3n) is 5.59. The number of fused-ring (bicyclic) bond motifs is 1. The van der Waals surface area contributed by atoms with Gasteiger partial charge in [-0.15, -0.1) is 11.8 Å². The minimum Gasteiger partial charge on any atom is -0.364 e. The van der Waals surface area contributed by atoms with Crippen LogP contribution in [0.1, 0.15) is 21.6 Å². The number of aryl methyl sites for hydroxylation is 2. The highest BCUT2D eigenvalue weighted by atomic mass is 32.2. The van der Waals surface area contributed by atoms with Crippen molar-refractivity contribution in [3.8, 4) is 0 Å². The summed E-state index contributed by atoms with van der Waals surface area (Å²) < 4.78 is 28.6. The summed E-state index contributed by atoms with van der Waals surface area (Å²) in [4.78, 5) is 27.4. The van der Waals surface area contributed by atoms with E-state index in [9.17, 15) is 18.0 Å². The van der Waals surface area contributed by atoms with Gasteiger partial charge in [0.05, 0.1) is 5.25 Å². The fourth-order valence-corrected chi connectivity index (χ4v) is 6.76. The number of sulfonamides is 1. The lowest BCUT2D eigenvalue weighted by Crippen LogP contribution is -2.52. The first-order chi connectivity index (χ1) is 14.2. The molecule has 2 aliphatic rings. The van der Waals surface area contributed by atoms with Gasteiger partial charge < -0.3 is 15.2 Å². The van der Waals surface area contributed by atoms with Crippen LogP contribution < -0.4 is 5.73 Å². The Morgan fingerprint density at radius 2 is 1.83 bits per heavy atom. The van der Waals surface area contributed by atoms with Gasteiger partial charge in [-0.1, -0.05) is 17.7 Å². The van der Waals surface area contributed by atoms with Crippen LogP contribution in [-0.4, -0.2) is 65.4 Å². The highest BCUT2D eigenvalue weighted by molar-refractivity contribution is 8.01. The van der Waals surface area contributed by atoms with Crippen LogP contribution in [0, 0.1) is 6.92 Å². The van der Waals surface area contributed by atoms with Gasteiger partial charge in [0.2, 0.25) is 15.9 Å². The van der Waals surface area contributed by atoms with Crippen LogP contribution in [0.3, 0.4) is 0 Å². The number of nitrogens with zero attached hydrogens (tertiary/aromatic N) is 3. The predicted molar refractivity (Wildman–Crippen MR) is 114 cm³/mol. The Balaban J connectivity index is 1.41. The number of carbonyl (C=O) groups is 2. The molecule has 2 aromatic rings. The molecule has 0 bridgehead atoms. The maximum Gasteiger partial charge on any atom is 0.265 e. The summed E-state index contributed by atoms with van der Waals surface area (Å²) in [6.07, 6.45) is 2.10. The molecule has 0 unspecified atom stereocenters. The lowest BCUT2D eigenvalue weighted by Gasteiger charge is -2.34. The number of hydrogen-bond donors (Lipinski definition) is 1. The molecule has 1 aromatic heterocycles. The molecular weight excluding hydrogens is 424 g/mol. The third-order valence-corrected chi connectivity index (χ3v) is 8.74. The van der Waals surface area contributed by atoms with Gasteiger partial charge in [0, 0.05) is 44.3 Å². The Labute approximate surface area is 180 Å². The van der Waals surface area contributed by atoms with E-state index < -0.39 is 15.9 Å². The average molecular weight is 449 g/mol. The van der Waals surface area contributed by atoms with Crippen LogP contribution in [0.4, 0.5) is 0 Å². The molecule has 2 amide bonds. The van der Waals surface area contributed by atoms with Crippen molar-refractivity contribution in [3.63, 3.8) is 0 Å². The molecular formula is C20H24N4O4S2. The summed E-state index contributed by atoms with van der Waals surface area (Å²) in [5.41, 5.74) is 7.79. The fourth-order valence-electron chi connectivity index (χ4n) is 3.89. The summed E-state index contributed by atoms with van der Waals surface area (Å²) >= 11 is 1.59. The molecule has 4 rings (SSSR count). The van der Waals surface area contributed by atoms with Crippen LogP contribution in [-0.2, 0) is 28.3 Å². The van der Waals surface area contributed by atoms with Gasteiger partial charge in [0.1, 0.15) is 10.6 Å². The normalized spacial score (nSPS) is 19.7. The Kier molecular flexibility index (Phi) is 5.41. The minimum atomic E-state index is -3.75. The van der Waals surface area contributed by atoms with Crippen molar-refractivity contribution in [2.75, 3.05) is 26.2 Å². The van der Waals surface area contributed by atoms with Crippen LogP contribution in [0.25, 0.3) is 0 Å². The van der Waals surface area contributed by atoms with E-state index in [0.29, 0.717) is 19.5 Å². The predicted octanol–water partition coefficient (Wildman–Crippen LogP) is 0.982. The molecule has 10 heteroatoms. The Hall–Kier alpha value is -2.30. The van der Waals surface area contributed by atoms with Crippen LogP contribution in [0.2, 0.25) is 0 Å². The van der Waals surface area contributed by atoms with E-state index in [1.54, 1.807) is 23.7 Å². The topological polar surface area (TPSA) is 106 Å². The summed E-state index contributed by atoms with van der Waals surface area (Å²) in [5.74, 6) is -0.624. The lowest BCUT2D eigenvalue weighted by molar-refractivity contribution is -0.131. The standard InChI is InChI=1S/C20H24N4O4S2/c1-13-3-4-14-10-18(29-17(14)9-13)20(26)23-5-7-24(8-6-23)30(27,28)15-11-16(19(21)25)22(2)12-15/h3-4,9,11-12,18H,5-8,10H2,1-2H3,(H2,21,25)/t18-/m0/s1. The molecule has 2 aliphatic heterocycles. The van der Waals surface area contributed by atoms with Gasteiger partial charge >= 0.3 is 0 Å². The third kappa shape index (κ3) is 3.75. The largest absolute Gasteiger partial charge is 0.364 e. The lowest BCUT2D eigenvalue weighted by atomic mass is 10.1. The first-order valence-electron chi connectivity index (χ1n) is 9.68. The van der Waals surface area contributed by atoms with E-state index in [2.05, 4.69) is 18.2 Å². The zero-order chi connectivity index (χ0) is 21.6. The van der Waals surface area contributed by atoms with Gasteiger partial charge in [-0.2, -0.15) is 4.31 Å². The molecule has 1 atom stereocenters. The zero-order valence-electron chi connectivity index (χ0n) is 16.9. The highest BCUT2D eigenvalue weighted by Gasteiger charge is 2.36. The molecule has 2 N–H and O–H groups in total. The summed E-state index contributed by atoms with van der Waals surface area (Å²) in [6, 6.07) is 7.54. The average Bonchev–Trinajstić information content (AvgIpc) is 3.31. The van der Waals surface area contributed by atoms with Crippen LogP contribution in [0.15, 0.2) is 40.3 Å². The monoisotopic (exact) mass is 448 g/mol. The smallest absolute Gasteiger partial charge is 0.265 e. The summed E-state index contributed by atoms with van der Waals surface area (Å²) in [7, 11) is -2.17. The van der Waals surface area contributed by atoms with Gasteiger partial charge in [0.25, 0.3) is 5.91 Å². The van der Waals surface area contributed by atoms with Crippen molar-refractivity contribution in [2.24, 2.45) is 12.8 Å². The van der Waals surface area contributed by atoms with Crippen LogP contribution in [0.5, 0.6) is 0 Å². The highest BCUT2D eigenvalue weighted by Crippen LogP contribution is 2.38. The van der Waals surface area contributed by atoms with Gasteiger partial charge in [0.15, 0.2) is 0 Å². The second kappa shape index (κ2) is 7.75. The van der Waals surface area contributed by atoms with E-state index in [0.717, 1.165) is 4.90 Å². The quantitative estimate of drug-likeness (QED) is 0.751. The molecule has 1 fully saturated rings. The van der Waals surface area contributed by atoms with Crippen molar-refractivity contribution in [3.05, 3.63) is 47.3 Å². The van der Waals surface area contributed by atoms with Gasteiger partial charge in [-0.25, -0.2) is 8.42 Å². The SMILES string of the molecule is Cc1ccc2c(c1)S[C@H](C(=O)N1CCN(S(=O)(=O)c3cc(C(N)=O)n(C)c3)CC1)C2. The maximum atomic E-state index is 13.0. The van der Waals surface area contributed by atoms with Crippen molar-refractivity contribution in [1.82, 2.24) is 13.8 Å². The van der Waals surface area contributed by atoms with Crippen molar-refractivity contribution in [2.45, 2.75) is 28.4 Å². The number of amides is 2. The van der Waals surface area contributed by atoms with Gasteiger partial charge in [-0.05, 0) is 31.0 Å². The number of carbonyl (C=O) groups excluding carboxylic acids is 2. The Bertz CT molecular complexity index is 1120. The number of primary amides is 1. The van der Waals surface area contributed by atoms with E-state index in [1.165, 1.54) is 32.3 Å². The summed E-state index contributed by atoms with van der Waals surface area (Å²) in [5, 5.41) is -0.155. The number of aromatic nitrogens is 1. The first-order valence-corrected chi connectivity index (χ1v) is 12.0. The van der Waals surface area contributed by atoms with Gasteiger partial charge in [-0.3, -0.25) is 9.59 Å². The molecule has 1 saturated heterocycles. The number of rotatable bonds is 4. The van der Waals surface area contributed by atoms with Crippen molar-refractivity contribution < 1.29 is 18.0 Å². The zero-order valence-corrected chi connectivity index (χ0v) is 18.5. The van der Waals surface area contributed by atoms with Crippen molar-refractivity contribution in [1.29, 1.82) is 0 Å². The minimum absolute atomic E-state index is 0.0377. The van der Waals surface area contributed by atoms with E-state index in [4.69, 9.17) is 5.73 Å². The number of hydrogen-bond acceptors (Lipinski definition) is 5. The number of nitrogens with two attached hydrogens (primary N) is 1. The molecule has 1 aromatic carbocycles. The van der Waals surface area contributed by atoms with Crippen molar-refractivity contribution >= 4 is 33.6 Å². The number of thioether (sulfide) groups is 1. The molecule has 0 aliphatic carbocycles. The molecule has 8 nitrogen and oxygen atoms in total. The second-order valence-electron chi connectivity index (χ2n) is 7.69. The summed E-state index contributed by atoms with van der Waals surface area (Å²) in [6.45, 7) is 3.17. The molecule has 0 spiro atoms. The van der Waals surface area contributed by atoms with Crippen LogP contribution >= 0.6 is 11.8 Å². The van der Waals surface area contributed by atoms with E-state index in [1.807, 2.05) is 6.92 Å².